The van der Waals surface area contributed by atoms with Crippen molar-refractivity contribution in [1.82, 2.24) is 4.90 Å². The van der Waals surface area contributed by atoms with Crippen molar-refractivity contribution in [1.29, 1.82) is 0 Å². The third kappa shape index (κ3) is 4.09. The monoisotopic (exact) mass is 315 g/mol. The quantitative estimate of drug-likeness (QED) is 0.878. The summed E-state index contributed by atoms with van der Waals surface area (Å²) in [7, 11) is 0. The van der Waals surface area contributed by atoms with Gasteiger partial charge in [0.05, 0.1) is 15.7 Å². The summed E-state index contributed by atoms with van der Waals surface area (Å²) in [5.74, 6) is 0.493. The molecule has 1 aromatic rings. The first-order chi connectivity index (χ1) is 9.60. The highest BCUT2D eigenvalue weighted by molar-refractivity contribution is 6.39. The molecule has 1 saturated heterocycles. The van der Waals surface area contributed by atoms with E-state index in [1.54, 1.807) is 18.2 Å². The van der Waals surface area contributed by atoms with Crippen molar-refractivity contribution < 1.29 is 4.79 Å². The fourth-order valence-electron chi connectivity index (χ4n) is 2.39. The third-order valence-electron chi connectivity index (χ3n) is 3.59. The van der Waals surface area contributed by atoms with Gasteiger partial charge in [-0.1, -0.05) is 29.3 Å². The number of anilines is 1. The first kappa shape index (κ1) is 15.6. The average Bonchev–Trinajstić information content (AvgIpc) is 2.89. The van der Waals surface area contributed by atoms with E-state index >= 15 is 0 Å². The van der Waals surface area contributed by atoms with Crippen molar-refractivity contribution in [2.45, 2.75) is 12.8 Å². The molecule has 0 bridgehead atoms. The van der Waals surface area contributed by atoms with Gasteiger partial charge >= 0.3 is 0 Å². The number of likely N-dealkylation sites (tertiary alicyclic amines) is 1. The van der Waals surface area contributed by atoms with Crippen LogP contribution in [0.15, 0.2) is 18.2 Å². The maximum absolute atomic E-state index is 11.9. The SMILES string of the molecule is NCC1CCN(CCC(=O)Nc2c(Cl)cccc2Cl)C1. The number of para-hydroxylation sites is 1. The van der Waals surface area contributed by atoms with Crippen molar-refractivity contribution in [3.8, 4) is 0 Å². The number of benzene rings is 1. The molecule has 1 fully saturated rings. The average molecular weight is 316 g/mol. The number of halogens is 2. The Morgan fingerprint density at radius 3 is 2.70 bits per heavy atom. The number of hydrogen-bond donors (Lipinski definition) is 2. The van der Waals surface area contributed by atoms with E-state index < -0.39 is 0 Å². The van der Waals surface area contributed by atoms with Crippen molar-refractivity contribution in [2.75, 3.05) is 31.5 Å². The van der Waals surface area contributed by atoms with E-state index in [0.29, 0.717) is 28.1 Å². The Labute approximate surface area is 129 Å². The van der Waals surface area contributed by atoms with Crippen LogP contribution in [0.25, 0.3) is 0 Å². The number of nitrogens with zero attached hydrogens (tertiary/aromatic N) is 1. The molecule has 1 amide bonds. The van der Waals surface area contributed by atoms with E-state index in [0.717, 1.165) is 32.6 Å². The predicted octanol–water partition coefficient (Wildman–Crippen LogP) is 2.60. The fraction of sp³-hybridized carbons (Fsp3) is 0.500. The van der Waals surface area contributed by atoms with Gasteiger partial charge in [0.25, 0.3) is 0 Å². The van der Waals surface area contributed by atoms with Crippen molar-refractivity contribution >= 4 is 34.8 Å². The molecular weight excluding hydrogens is 297 g/mol. The van der Waals surface area contributed by atoms with Crippen LogP contribution in [0, 0.1) is 5.92 Å². The van der Waals surface area contributed by atoms with Gasteiger partial charge in [0, 0.05) is 19.5 Å². The maximum Gasteiger partial charge on any atom is 0.225 e. The molecule has 1 heterocycles. The minimum atomic E-state index is -0.0730. The molecule has 1 aromatic carbocycles. The Morgan fingerprint density at radius 1 is 1.40 bits per heavy atom. The minimum Gasteiger partial charge on any atom is -0.330 e. The second kappa shape index (κ2) is 7.27. The van der Waals surface area contributed by atoms with Gasteiger partial charge in [0.2, 0.25) is 5.91 Å². The largest absolute Gasteiger partial charge is 0.330 e. The van der Waals surface area contributed by atoms with E-state index in [1.165, 1.54) is 0 Å². The third-order valence-corrected chi connectivity index (χ3v) is 4.22. The van der Waals surface area contributed by atoms with E-state index in [1.807, 2.05) is 0 Å². The summed E-state index contributed by atoms with van der Waals surface area (Å²) in [4.78, 5) is 14.2. The predicted molar refractivity (Wildman–Crippen MR) is 83.3 cm³/mol. The Hall–Kier alpha value is -0.810. The van der Waals surface area contributed by atoms with E-state index in [-0.39, 0.29) is 5.91 Å². The highest BCUT2D eigenvalue weighted by Gasteiger charge is 2.21. The zero-order valence-corrected chi connectivity index (χ0v) is 12.8. The summed E-state index contributed by atoms with van der Waals surface area (Å²) in [6.07, 6.45) is 1.55. The lowest BCUT2D eigenvalue weighted by Gasteiger charge is -2.15. The van der Waals surface area contributed by atoms with Gasteiger partial charge in [-0.15, -0.1) is 0 Å². The summed E-state index contributed by atoms with van der Waals surface area (Å²) >= 11 is 12.0. The molecule has 1 unspecified atom stereocenters. The Kier molecular flexibility index (Phi) is 5.66. The van der Waals surface area contributed by atoms with E-state index in [4.69, 9.17) is 28.9 Å². The van der Waals surface area contributed by atoms with Gasteiger partial charge in [-0.25, -0.2) is 0 Å². The number of carbonyl (C=O) groups excluding carboxylic acids is 1. The lowest BCUT2D eigenvalue weighted by Crippen LogP contribution is -2.27. The molecule has 0 radical (unpaired) electrons. The van der Waals surface area contributed by atoms with Crippen LogP contribution in [0.1, 0.15) is 12.8 Å². The lowest BCUT2D eigenvalue weighted by molar-refractivity contribution is -0.116. The number of hydrogen-bond acceptors (Lipinski definition) is 3. The molecule has 0 saturated carbocycles. The van der Waals surface area contributed by atoms with Gasteiger partial charge in [0.15, 0.2) is 0 Å². The van der Waals surface area contributed by atoms with Crippen LogP contribution in [0.2, 0.25) is 10.0 Å². The van der Waals surface area contributed by atoms with Crippen LogP contribution >= 0.6 is 23.2 Å². The van der Waals surface area contributed by atoms with E-state index in [2.05, 4.69) is 10.2 Å². The number of nitrogens with two attached hydrogens (primary N) is 1. The van der Waals surface area contributed by atoms with Gasteiger partial charge in [-0.3, -0.25) is 4.79 Å². The standard InChI is InChI=1S/C14H19Cl2N3O/c15-11-2-1-3-12(16)14(11)18-13(20)5-7-19-6-4-10(8-17)9-19/h1-3,10H,4-9,17H2,(H,18,20). The van der Waals surface area contributed by atoms with Gasteiger partial charge in [-0.2, -0.15) is 0 Å². The summed E-state index contributed by atoms with van der Waals surface area (Å²) < 4.78 is 0. The molecular formula is C14H19Cl2N3O. The van der Waals surface area contributed by atoms with Crippen LogP contribution in [0.5, 0.6) is 0 Å². The molecule has 110 valence electrons. The molecule has 1 aliphatic rings. The van der Waals surface area contributed by atoms with Crippen molar-refractivity contribution in [3.63, 3.8) is 0 Å². The Bertz CT molecular complexity index is 461. The highest BCUT2D eigenvalue weighted by Crippen LogP contribution is 2.29. The van der Waals surface area contributed by atoms with Crippen molar-refractivity contribution in [2.24, 2.45) is 11.7 Å². The van der Waals surface area contributed by atoms with Gasteiger partial charge in [0.1, 0.15) is 0 Å². The Balaban J connectivity index is 1.81. The maximum atomic E-state index is 11.9. The number of nitrogens with one attached hydrogen (secondary N) is 1. The van der Waals surface area contributed by atoms with Crippen LogP contribution in [-0.2, 0) is 4.79 Å². The molecule has 20 heavy (non-hydrogen) atoms. The molecule has 0 spiro atoms. The second-order valence-corrected chi connectivity index (χ2v) is 5.90. The molecule has 4 nitrogen and oxygen atoms in total. The van der Waals surface area contributed by atoms with Crippen molar-refractivity contribution in [3.05, 3.63) is 28.2 Å². The first-order valence-corrected chi connectivity index (χ1v) is 7.52. The van der Waals surface area contributed by atoms with Crippen LogP contribution in [-0.4, -0.2) is 37.0 Å². The number of carbonyl (C=O) groups is 1. The second-order valence-electron chi connectivity index (χ2n) is 5.09. The normalized spacial score (nSPS) is 19.2. The molecule has 1 atom stereocenters. The molecule has 1 aliphatic heterocycles. The van der Waals surface area contributed by atoms with Gasteiger partial charge < -0.3 is 16.0 Å². The zero-order chi connectivity index (χ0) is 14.5. The Morgan fingerprint density at radius 2 is 2.10 bits per heavy atom. The van der Waals surface area contributed by atoms with E-state index in [9.17, 15) is 4.79 Å². The summed E-state index contributed by atoms with van der Waals surface area (Å²) in [5, 5.41) is 3.68. The summed E-state index contributed by atoms with van der Waals surface area (Å²) in [6.45, 7) is 3.46. The van der Waals surface area contributed by atoms with Gasteiger partial charge in [-0.05, 0) is 37.6 Å². The fourth-order valence-corrected chi connectivity index (χ4v) is 2.88. The van der Waals surface area contributed by atoms with Crippen LogP contribution in [0.3, 0.4) is 0 Å². The molecule has 2 rings (SSSR count). The van der Waals surface area contributed by atoms with Crippen LogP contribution in [0.4, 0.5) is 5.69 Å². The zero-order valence-electron chi connectivity index (χ0n) is 11.2. The summed E-state index contributed by atoms with van der Waals surface area (Å²) in [5.41, 5.74) is 6.14. The number of amides is 1. The first-order valence-electron chi connectivity index (χ1n) is 6.76. The van der Waals surface area contributed by atoms with Crippen LogP contribution < -0.4 is 11.1 Å². The lowest BCUT2D eigenvalue weighted by atomic mass is 10.1. The molecule has 0 aliphatic carbocycles. The minimum absolute atomic E-state index is 0.0730. The topological polar surface area (TPSA) is 58.4 Å². The molecule has 0 aromatic heterocycles. The smallest absolute Gasteiger partial charge is 0.225 e. The number of rotatable bonds is 5. The molecule has 3 N–H and O–H groups in total. The molecule has 6 heteroatoms. The summed E-state index contributed by atoms with van der Waals surface area (Å²) in [6, 6.07) is 5.16. The highest BCUT2D eigenvalue weighted by atomic mass is 35.5.